The molecule has 6 heteroatoms. The predicted molar refractivity (Wildman–Crippen MR) is 99.0 cm³/mol. The molecule has 6 nitrogen and oxygen atoms in total. The van der Waals surface area contributed by atoms with Crippen molar-refractivity contribution in [3.63, 3.8) is 0 Å². The van der Waals surface area contributed by atoms with E-state index >= 15 is 0 Å². The van der Waals surface area contributed by atoms with Crippen molar-refractivity contribution in [1.82, 2.24) is 5.32 Å². The number of rotatable bonds is 5. The van der Waals surface area contributed by atoms with Crippen LogP contribution in [0.2, 0.25) is 0 Å². The Kier molecular flexibility index (Phi) is 5.41. The highest BCUT2D eigenvalue weighted by Gasteiger charge is 2.17. The summed E-state index contributed by atoms with van der Waals surface area (Å²) in [5, 5.41) is 2.87. The van der Waals surface area contributed by atoms with Gasteiger partial charge in [-0.1, -0.05) is 18.2 Å². The van der Waals surface area contributed by atoms with E-state index in [2.05, 4.69) is 5.32 Å². The van der Waals surface area contributed by atoms with Crippen LogP contribution in [0, 0.1) is 6.92 Å². The lowest BCUT2D eigenvalue weighted by Gasteiger charge is -2.24. The lowest BCUT2D eigenvalue weighted by Crippen LogP contribution is -2.37. The maximum atomic E-state index is 12.3. The average Bonchev–Trinajstić information content (AvgIpc) is 2.64. The van der Waals surface area contributed by atoms with Gasteiger partial charge in [-0.05, 0) is 30.7 Å². The maximum Gasteiger partial charge on any atom is 0.251 e. The molecule has 1 heterocycles. The Balaban J connectivity index is 1.65. The standard InChI is InChI=1S/C20H22N2O4/c1-14-5-3-4-6-17(14)20(24)21-9-10-22(15(2)23)16-7-8-18-19(13-16)26-12-11-25-18/h3-8,13H,9-12H2,1-2H3,(H,21,24). The zero-order chi connectivity index (χ0) is 18.5. The van der Waals surface area contributed by atoms with Crippen molar-refractivity contribution in [2.75, 3.05) is 31.2 Å². The summed E-state index contributed by atoms with van der Waals surface area (Å²) in [5.74, 6) is 1.06. The zero-order valence-electron chi connectivity index (χ0n) is 15.0. The lowest BCUT2D eigenvalue weighted by molar-refractivity contribution is -0.116. The van der Waals surface area contributed by atoms with Crippen LogP contribution in [0.1, 0.15) is 22.8 Å². The van der Waals surface area contributed by atoms with Crippen LogP contribution in [0.15, 0.2) is 42.5 Å². The van der Waals surface area contributed by atoms with Crippen molar-refractivity contribution >= 4 is 17.5 Å². The minimum atomic E-state index is -0.145. The molecule has 0 atom stereocenters. The summed E-state index contributed by atoms with van der Waals surface area (Å²) < 4.78 is 11.1. The summed E-state index contributed by atoms with van der Waals surface area (Å²) in [7, 11) is 0. The summed E-state index contributed by atoms with van der Waals surface area (Å²) in [5.41, 5.74) is 2.27. The van der Waals surface area contributed by atoms with Crippen molar-refractivity contribution in [3.05, 3.63) is 53.6 Å². The summed E-state index contributed by atoms with van der Waals surface area (Å²) in [6.07, 6.45) is 0. The molecule has 0 aromatic heterocycles. The Morgan fingerprint density at radius 2 is 1.81 bits per heavy atom. The highest BCUT2D eigenvalue weighted by Crippen LogP contribution is 2.33. The third-order valence-corrected chi connectivity index (χ3v) is 4.23. The number of ether oxygens (including phenoxy) is 2. The Morgan fingerprint density at radius 1 is 1.08 bits per heavy atom. The molecule has 0 bridgehead atoms. The Bertz CT molecular complexity index is 819. The number of carbonyl (C=O) groups is 2. The second-order valence-electron chi connectivity index (χ2n) is 6.07. The van der Waals surface area contributed by atoms with E-state index in [4.69, 9.17) is 9.47 Å². The third kappa shape index (κ3) is 3.96. The second kappa shape index (κ2) is 7.91. The minimum Gasteiger partial charge on any atom is -0.486 e. The van der Waals surface area contributed by atoms with Gasteiger partial charge in [0.2, 0.25) is 5.91 Å². The predicted octanol–water partition coefficient (Wildman–Crippen LogP) is 2.55. The summed E-state index contributed by atoms with van der Waals surface area (Å²) >= 11 is 0. The van der Waals surface area contributed by atoms with Gasteiger partial charge in [0.1, 0.15) is 13.2 Å². The first-order chi connectivity index (χ1) is 12.6. The largest absolute Gasteiger partial charge is 0.486 e. The minimum absolute atomic E-state index is 0.105. The molecule has 0 radical (unpaired) electrons. The summed E-state index contributed by atoms with van der Waals surface area (Å²) in [4.78, 5) is 26.0. The quantitative estimate of drug-likeness (QED) is 0.896. The molecule has 3 rings (SSSR count). The first-order valence-corrected chi connectivity index (χ1v) is 8.58. The fraction of sp³-hybridized carbons (Fsp3) is 0.300. The monoisotopic (exact) mass is 354 g/mol. The molecular weight excluding hydrogens is 332 g/mol. The van der Waals surface area contributed by atoms with Crippen LogP contribution >= 0.6 is 0 Å². The van der Waals surface area contributed by atoms with Gasteiger partial charge < -0.3 is 19.7 Å². The van der Waals surface area contributed by atoms with E-state index in [0.717, 1.165) is 5.56 Å². The summed E-state index contributed by atoms with van der Waals surface area (Å²) in [6.45, 7) is 5.12. The van der Waals surface area contributed by atoms with Gasteiger partial charge >= 0.3 is 0 Å². The van der Waals surface area contributed by atoms with E-state index in [-0.39, 0.29) is 11.8 Å². The number of nitrogens with one attached hydrogen (secondary N) is 1. The molecule has 136 valence electrons. The highest BCUT2D eigenvalue weighted by atomic mass is 16.6. The van der Waals surface area contributed by atoms with Crippen LogP contribution < -0.4 is 19.7 Å². The second-order valence-corrected chi connectivity index (χ2v) is 6.07. The van der Waals surface area contributed by atoms with Gasteiger partial charge in [-0.25, -0.2) is 0 Å². The molecule has 0 fully saturated rings. The van der Waals surface area contributed by atoms with E-state index in [1.54, 1.807) is 23.1 Å². The Hall–Kier alpha value is -3.02. The number of aryl methyl sites for hydroxylation is 1. The van der Waals surface area contributed by atoms with Crippen LogP contribution in [0.25, 0.3) is 0 Å². The fourth-order valence-corrected chi connectivity index (χ4v) is 2.87. The number of benzene rings is 2. The van der Waals surface area contributed by atoms with Crippen molar-refractivity contribution in [3.8, 4) is 11.5 Å². The SMILES string of the molecule is CC(=O)N(CCNC(=O)c1ccccc1C)c1ccc2c(c1)OCCO2. The molecule has 2 aromatic rings. The van der Waals surface area contributed by atoms with Crippen molar-refractivity contribution in [2.24, 2.45) is 0 Å². The molecule has 26 heavy (non-hydrogen) atoms. The molecule has 0 spiro atoms. The fourth-order valence-electron chi connectivity index (χ4n) is 2.87. The average molecular weight is 354 g/mol. The van der Waals surface area contributed by atoms with E-state index in [9.17, 15) is 9.59 Å². The first-order valence-electron chi connectivity index (χ1n) is 8.58. The molecule has 2 amide bonds. The third-order valence-electron chi connectivity index (χ3n) is 4.23. The van der Waals surface area contributed by atoms with Gasteiger partial charge in [-0.15, -0.1) is 0 Å². The molecule has 0 saturated heterocycles. The molecule has 0 aliphatic carbocycles. The van der Waals surface area contributed by atoms with E-state index in [0.29, 0.717) is 49.1 Å². The van der Waals surface area contributed by atoms with Gasteiger partial charge in [0.05, 0.1) is 0 Å². The molecule has 1 aliphatic heterocycles. The number of hydrogen-bond donors (Lipinski definition) is 1. The smallest absolute Gasteiger partial charge is 0.251 e. The molecule has 2 aromatic carbocycles. The Morgan fingerprint density at radius 3 is 2.54 bits per heavy atom. The van der Waals surface area contributed by atoms with Gasteiger partial charge in [-0.2, -0.15) is 0 Å². The molecule has 1 N–H and O–H groups in total. The number of anilines is 1. The van der Waals surface area contributed by atoms with Gasteiger partial charge in [0.25, 0.3) is 5.91 Å². The van der Waals surface area contributed by atoms with Gasteiger partial charge in [-0.3, -0.25) is 9.59 Å². The van der Waals surface area contributed by atoms with E-state index < -0.39 is 0 Å². The van der Waals surface area contributed by atoms with Crippen molar-refractivity contribution < 1.29 is 19.1 Å². The lowest BCUT2D eigenvalue weighted by atomic mass is 10.1. The van der Waals surface area contributed by atoms with Crippen LogP contribution in [0.4, 0.5) is 5.69 Å². The van der Waals surface area contributed by atoms with E-state index in [1.165, 1.54) is 6.92 Å². The van der Waals surface area contributed by atoms with Gasteiger partial charge in [0.15, 0.2) is 11.5 Å². The molecule has 0 unspecified atom stereocenters. The number of carbonyl (C=O) groups excluding carboxylic acids is 2. The van der Waals surface area contributed by atoms with Crippen LogP contribution in [0.3, 0.4) is 0 Å². The van der Waals surface area contributed by atoms with Crippen molar-refractivity contribution in [2.45, 2.75) is 13.8 Å². The first kappa shape index (κ1) is 17.8. The van der Waals surface area contributed by atoms with Gasteiger partial charge in [0, 0.05) is 37.3 Å². The molecule has 1 aliphatic rings. The van der Waals surface area contributed by atoms with Crippen molar-refractivity contribution in [1.29, 1.82) is 0 Å². The highest BCUT2D eigenvalue weighted by molar-refractivity contribution is 5.96. The number of amides is 2. The summed E-state index contributed by atoms with van der Waals surface area (Å²) in [6, 6.07) is 12.8. The number of nitrogens with zero attached hydrogens (tertiary/aromatic N) is 1. The van der Waals surface area contributed by atoms with Crippen LogP contribution in [0.5, 0.6) is 11.5 Å². The Labute approximate surface area is 152 Å². The topological polar surface area (TPSA) is 67.9 Å². The van der Waals surface area contributed by atoms with Crippen LogP contribution in [-0.4, -0.2) is 38.1 Å². The molecule has 0 saturated carbocycles. The molecular formula is C20H22N2O4. The maximum absolute atomic E-state index is 12.3. The number of hydrogen-bond acceptors (Lipinski definition) is 4. The van der Waals surface area contributed by atoms with Crippen LogP contribution in [-0.2, 0) is 4.79 Å². The van der Waals surface area contributed by atoms with E-state index in [1.807, 2.05) is 31.2 Å². The zero-order valence-corrected chi connectivity index (χ0v) is 15.0. The normalized spacial score (nSPS) is 12.4. The number of fused-ring (bicyclic) bond motifs is 1.